The van der Waals surface area contributed by atoms with Crippen LogP contribution in [0, 0.1) is 0 Å². The molecule has 5 nitrogen and oxygen atoms in total. The molecule has 0 atom stereocenters. The molecule has 7 heteroatoms. The Labute approximate surface area is 171 Å². The van der Waals surface area contributed by atoms with Crippen LogP contribution in [0.15, 0.2) is 51.2 Å². The van der Waals surface area contributed by atoms with E-state index in [9.17, 15) is 4.79 Å². The summed E-state index contributed by atoms with van der Waals surface area (Å²) in [6.45, 7) is 4.70. The molecule has 0 radical (unpaired) electrons. The number of hydrogen-bond donors (Lipinski definition) is 1. The number of fused-ring (bicyclic) bond motifs is 1. The minimum absolute atomic E-state index is 0.0501. The highest BCUT2D eigenvalue weighted by atomic mass is 79.9. The summed E-state index contributed by atoms with van der Waals surface area (Å²) in [5, 5.41) is 5.81. The molecular formula is C20H23BrN4OS. The van der Waals surface area contributed by atoms with Crippen LogP contribution in [0.1, 0.15) is 17.7 Å². The van der Waals surface area contributed by atoms with Crippen molar-refractivity contribution < 1.29 is 0 Å². The Hall–Kier alpha value is -1.54. The quantitative estimate of drug-likeness (QED) is 0.629. The van der Waals surface area contributed by atoms with Crippen LogP contribution in [0.4, 0.5) is 0 Å². The van der Waals surface area contributed by atoms with E-state index in [4.69, 9.17) is 0 Å². The summed E-state index contributed by atoms with van der Waals surface area (Å²) in [7, 11) is 0. The molecule has 0 unspecified atom stereocenters. The van der Waals surface area contributed by atoms with Crippen LogP contribution in [0.3, 0.4) is 0 Å². The monoisotopic (exact) mass is 446 g/mol. The third-order valence-corrected chi connectivity index (χ3v) is 6.87. The normalized spacial score (nSPS) is 16.2. The Bertz CT molecular complexity index is 962. The SMILES string of the molecule is O=c1ccc2ncccc2n1CCN1CCC(NCc2cc(Br)cs2)CC1. The first kappa shape index (κ1) is 18.8. The van der Waals surface area contributed by atoms with Gasteiger partial charge < -0.3 is 14.8 Å². The van der Waals surface area contributed by atoms with Gasteiger partial charge in [-0.25, -0.2) is 0 Å². The Morgan fingerprint density at radius 2 is 2.07 bits per heavy atom. The molecule has 3 aromatic heterocycles. The molecule has 4 rings (SSSR count). The standard InChI is InChI=1S/C20H23BrN4OS/c21-15-12-17(27-14-15)13-23-16-5-8-24(9-6-16)10-11-25-19-2-1-7-22-18(19)3-4-20(25)26/h1-4,7,12,14,16,23H,5-6,8-11,13H2. The molecule has 1 saturated heterocycles. The van der Waals surface area contributed by atoms with Gasteiger partial charge in [0.05, 0.1) is 11.0 Å². The summed E-state index contributed by atoms with van der Waals surface area (Å²) < 4.78 is 3.01. The third-order valence-electron chi connectivity index (χ3n) is 5.17. The van der Waals surface area contributed by atoms with Crippen molar-refractivity contribution in [1.29, 1.82) is 0 Å². The van der Waals surface area contributed by atoms with Crippen molar-refractivity contribution >= 4 is 38.3 Å². The van der Waals surface area contributed by atoms with E-state index in [0.29, 0.717) is 12.6 Å². The van der Waals surface area contributed by atoms with E-state index in [2.05, 4.69) is 42.6 Å². The van der Waals surface area contributed by atoms with Crippen molar-refractivity contribution in [3.8, 4) is 0 Å². The minimum atomic E-state index is 0.0501. The molecule has 0 bridgehead atoms. The van der Waals surface area contributed by atoms with E-state index in [0.717, 1.165) is 54.5 Å². The van der Waals surface area contributed by atoms with E-state index in [1.54, 1.807) is 29.7 Å². The summed E-state index contributed by atoms with van der Waals surface area (Å²) in [5.41, 5.74) is 1.85. The number of rotatable bonds is 6. The van der Waals surface area contributed by atoms with Crippen molar-refractivity contribution in [2.45, 2.75) is 32.0 Å². The zero-order valence-corrected chi connectivity index (χ0v) is 17.5. The second-order valence-corrected chi connectivity index (χ2v) is 8.87. The predicted molar refractivity (Wildman–Crippen MR) is 114 cm³/mol. The summed E-state index contributed by atoms with van der Waals surface area (Å²) in [4.78, 5) is 20.5. The first-order valence-corrected chi connectivity index (χ1v) is 11.0. The van der Waals surface area contributed by atoms with E-state index < -0.39 is 0 Å². The molecule has 3 aromatic rings. The molecular weight excluding hydrogens is 424 g/mol. The van der Waals surface area contributed by atoms with Gasteiger partial charge >= 0.3 is 0 Å². The van der Waals surface area contributed by atoms with Gasteiger partial charge in [-0.15, -0.1) is 11.3 Å². The Morgan fingerprint density at radius 1 is 1.22 bits per heavy atom. The number of thiophene rings is 1. The fourth-order valence-electron chi connectivity index (χ4n) is 3.65. The maximum Gasteiger partial charge on any atom is 0.251 e. The van der Waals surface area contributed by atoms with Gasteiger partial charge in [0.1, 0.15) is 0 Å². The summed E-state index contributed by atoms with van der Waals surface area (Å²) in [5.74, 6) is 0. The second kappa shape index (κ2) is 8.65. The summed E-state index contributed by atoms with van der Waals surface area (Å²) in [6, 6.07) is 10.0. The molecule has 27 heavy (non-hydrogen) atoms. The lowest BCUT2D eigenvalue weighted by Gasteiger charge is -2.32. The first-order chi connectivity index (χ1) is 13.2. The predicted octanol–water partition coefficient (Wildman–Crippen LogP) is 3.47. The lowest BCUT2D eigenvalue weighted by molar-refractivity contribution is 0.191. The number of piperidine rings is 1. The minimum Gasteiger partial charge on any atom is -0.309 e. The number of hydrogen-bond acceptors (Lipinski definition) is 5. The maximum atomic E-state index is 12.3. The van der Waals surface area contributed by atoms with Gasteiger partial charge in [-0.1, -0.05) is 0 Å². The molecule has 1 aliphatic rings. The molecule has 1 fully saturated rings. The molecule has 1 aliphatic heterocycles. The van der Waals surface area contributed by atoms with Crippen molar-refractivity contribution in [3.63, 3.8) is 0 Å². The molecule has 4 heterocycles. The molecule has 0 aromatic carbocycles. The Morgan fingerprint density at radius 3 is 2.85 bits per heavy atom. The lowest BCUT2D eigenvalue weighted by atomic mass is 10.1. The Kier molecular flexibility index (Phi) is 6.02. The van der Waals surface area contributed by atoms with Crippen LogP contribution in [0.5, 0.6) is 0 Å². The molecule has 142 valence electrons. The van der Waals surface area contributed by atoms with E-state index in [1.165, 1.54) is 4.88 Å². The van der Waals surface area contributed by atoms with Crippen molar-refractivity contribution in [3.05, 3.63) is 61.6 Å². The van der Waals surface area contributed by atoms with E-state index in [1.807, 2.05) is 16.7 Å². The molecule has 0 amide bonds. The maximum absolute atomic E-state index is 12.3. The van der Waals surface area contributed by atoms with Crippen molar-refractivity contribution in [2.24, 2.45) is 0 Å². The van der Waals surface area contributed by atoms with Crippen LogP contribution >= 0.6 is 27.3 Å². The highest BCUT2D eigenvalue weighted by molar-refractivity contribution is 9.10. The van der Waals surface area contributed by atoms with Gasteiger partial charge in [0.2, 0.25) is 0 Å². The van der Waals surface area contributed by atoms with Gasteiger partial charge in [0.15, 0.2) is 0 Å². The molecule has 0 saturated carbocycles. The van der Waals surface area contributed by atoms with Crippen LogP contribution in [-0.2, 0) is 13.1 Å². The third kappa shape index (κ3) is 4.66. The number of aromatic nitrogens is 2. The number of nitrogens with zero attached hydrogens (tertiary/aromatic N) is 3. The first-order valence-electron chi connectivity index (χ1n) is 9.32. The zero-order chi connectivity index (χ0) is 18.6. The van der Waals surface area contributed by atoms with Crippen LogP contribution in [0.25, 0.3) is 11.0 Å². The van der Waals surface area contributed by atoms with Crippen LogP contribution < -0.4 is 10.9 Å². The lowest BCUT2D eigenvalue weighted by Crippen LogP contribution is -2.43. The Balaban J connectivity index is 1.29. The van der Waals surface area contributed by atoms with Crippen LogP contribution in [0.2, 0.25) is 0 Å². The van der Waals surface area contributed by atoms with Crippen molar-refractivity contribution in [2.75, 3.05) is 19.6 Å². The van der Waals surface area contributed by atoms with E-state index in [-0.39, 0.29) is 5.56 Å². The fourth-order valence-corrected chi connectivity index (χ4v) is 5.05. The number of nitrogens with one attached hydrogen (secondary N) is 1. The van der Waals surface area contributed by atoms with Gasteiger partial charge in [0, 0.05) is 52.7 Å². The molecule has 1 N–H and O–H groups in total. The topological polar surface area (TPSA) is 50.2 Å². The largest absolute Gasteiger partial charge is 0.309 e. The molecule has 0 spiro atoms. The van der Waals surface area contributed by atoms with E-state index >= 15 is 0 Å². The number of likely N-dealkylation sites (tertiary alicyclic amines) is 1. The highest BCUT2D eigenvalue weighted by Crippen LogP contribution is 2.20. The fraction of sp³-hybridized carbons (Fsp3) is 0.400. The summed E-state index contributed by atoms with van der Waals surface area (Å²) in [6.07, 6.45) is 4.07. The second-order valence-electron chi connectivity index (χ2n) is 6.96. The number of halogens is 1. The van der Waals surface area contributed by atoms with Crippen LogP contribution in [-0.4, -0.2) is 40.1 Å². The summed E-state index contributed by atoms with van der Waals surface area (Å²) >= 11 is 5.30. The molecule has 0 aliphatic carbocycles. The van der Waals surface area contributed by atoms with Gasteiger partial charge in [-0.3, -0.25) is 9.78 Å². The average Bonchev–Trinajstić information content (AvgIpc) is 3.12. The smallest absolute Gasteiger partial charge is 0.251 e. The van der Waals surface area contributed by atoms with Gasteiger partial charge in [0.25, 0.3) is 5.56 Å². The van der Waals surface area contributed by atoms with Gasteiger partial charge in [-0.05, 0) is 66.1 Å². The highest BCUT2D eigenvalue weighted by Gasteiger charge is 2.19. The van der Waals surface area contributed by atoms with Gasteiger partial charge in [-0.2, -0.15) is 0 Å². The zero-order valence-electron chi connectivity index (χ0n) is 15.1. The van der Waals surface area contributed by atoms with Crippen molar-refractivity contribution in [1.82, 2.24) is 19.8 Å². The average molecular weight is 447 g/mol. The number of pyridine rings is 2.